The van der Waals surface area contributed by atoms with E-state index in [1.165, 1.54) is 66.1 Å². The molecule has 0 saturated heterocycles. The fourth-order valence-corrected chi connectivity index (χ4v) is 9.99. The summed E-state index contributed by atoms with van der Waals surface area (Å²) in [6.45, 7) is 0. The van der Waals surface area contributed by atoms with E-state index >= 15 is 0 Å². The SMILES string of the molecule is c1ccc2c(c1)-c1ccccc1C21c2ccccc2-c2cc(-c3nc(-n4c5ccccc5c5cc6ccccc6cc54)nc4c3oc3ccccc34)ccc21. The van der Waals surface area contributed by atoms with Crippen molar-refractivity contribution in [2.45, 2.75) is 5.41 Å². The monoisotopic (exact) mass is 699 g/mol. The lowest BCUT2D eigenvalue weighted by Crippen LogP contribution is -2.25. The quantitative estimate of drug-likeness (QED) is 0.180. The van der Waals surface area contributed by atoms with E-state index in [0.29, 0.717) is 11.5 Å². The van der Waals surface area contributed by atoms with Crippen LogP contribution in [0, 0.1) is 0 Å². The molecule has 3 heterocycles. The fraction of sp³-hybridized carbons (Fsp3) is 0.0196. The van der Waals surface area contributed by atoms with Gasteiger partial charge < -0.3 is 4.42 Å². The normalized spacial score (nSPS) is 13.6. The Hall–Kier alpha value is -7.30. The molecule has 3 aromatic heterocycles. The summed E-state index contributed by atoms with van der Waals surface area (Å²) in [7, 11) is 0. The summed E-state index contributed by atoms with van der Waals surface area (Å²) in [6.07, 6.45) is 0. The van der Waals surface area contributed by atoms with Gasteiger partial charge in [-0.3, -0.25) is 4.57 Å². The first-order valence-electron chi connectivity index (χ1n) is 18.8. The predicted octanol–water partition coefficient (Wildman–Crippen LogP) is 12.6. The predicted molar refractivity (Wildman–Crippen MR) is 223 cm³/mol. The number of rotatable bonds is 2. The molecule has 0 N–H and O–H groups in total. The van der Waals surface area contributed by atoms with Crippen LogP contribution < -0.4 is 0 Å². The van der Waals surface area contributed by atoms with Crippen molar-refractivity contribution in [1.29, 1.82) is 0 Å². The average molecular weight is 700 g/mol. The summed E-state index contributed by atoms with van der Waals surface area (Å²) < 4.78 is 8.91. The second-order valence-electron chi connectivity index (χ2n) is 14.9. The first kappa shape index (κ1) is 29.2. The average Bonchev–Trinajstić information content (AvgIpc) is 3.96. The van der Waals surface area contributed by atoms with Crippen molar-refractivity contribution in [2.24, 2.45) is 0 Å². The molecule has 0 bridgehead atoms. The Morgan fingerprint density at radius 2 is 1.02 bits per heavy atom. The van der Waals surface area contributed by atoms with Gasteiger partial charge in [0.25, 0.3) is 0 Å². The maximum Gasteiger partial charge on any atom is 0.236 e. The number of benzene rings is 8. The van der Waals surface area contributed by atoms with Crippen LogP contribution in [-0.2, 0) is 5.41 Å². The van der Waals surface area contributed by atoms with E-state index in [0.717, 1.165) is 38.8 Å². The van der Waals surface area contributed by atoms with Gasteiger partial charge in [-0.1, -0.05) is 140 Å². The lowest BCUT2D eigenvalue weighted by atomic mass is 9.70. The molecule has 0 radical (unpaired) electrons. The molecular weight excluding hydrogens is 671 g/mol. The number of fused-ring (bicyclic) bond motifs is 17. The van der Waals surface area contributed by atoms with Gasteiger partial charge in [0.1, 0.15) is 16.8 Å². The zero-order valence-corrected chi connectivity index (χ0v) is 29.5. The van der Waals surface area contributed by atoms with Gasteiger partial charge in [0.15, 0.2) is 5.58 Å². The molecule has 0 unspecified atom stereocenters. The largest absolute Gasteiger partial charge is 0.452 e. The lowest BCUT2D eigenvalue weighted by Gasteiger charge is -2.30. The highest BCUT2D eigenvalue weighted by Crippen LogP contribution is 2.63. The van der Waals surface area contributed by atoms with Crippen molar-refractivity contribution in [3.63, 3.8) is 0 Å². The van der Waals surface area contributed by atoms with Gasteiger partial charge in [0.2, 0.25) is 5.95 Å². The summed E-state index contributed by atoms with van der Waals surface area (Å²) in [5.41, 5.74) is 16.1. The minimum atomic E-state index is -0.408. The first-order chi connectivity index (χ1) is 27.3. The van der Waals surface area contributed by atoms with Crippen molar-refractivity contribution in [2.75, 3.05) is 0 Å². The molecule has 0 fully saturated rings. The van der Waals surface area contributed by atoms with Crippen molar-refractivity contribution in [1.82, 2.24) is 14.5 Å². The maximum atomic E-state index is 6.68. The Morgan fingerprint density at radius 3 is 1.76 bits per heavy atom. The third-order valence-electron chi connectivity index (χ3n) is 12.2. The molecule has 0 saturated carbocycles. The van der Waals surface area contributed by atoms with Gasteiger partial charge in [0.05, 0.1) is 16.4 Å². The van der Waals surface area contributed by atoms with Crippen LogP contribution in [0.3, 0.4) is 0 Å². The molecule has 4 nitrogen and oxygen atoms in total. The summed E-state index contributed by atoms with van der Waals surface area (Å²) in [5.74, 6) is 0.617. The van der Waals surface area contributed by atoms with Gasteiger partial charge >= 0.3 is 0 Å². The van der Waals surface area contributed by atoms with Gasteiger partial charge in [-0.25, -0.2) is 9.97 Å². The number of hydrogen-bond donors (Lipinski definition) is 0. The summed E-state index contributed by atoms with van der Waals surface area (Å²) >= 11 is 0. The fourth-order valence-electron chi connectivity index (χ4n) is 9.99. The molecule has 8 aromatic carbocycles. The van der Waals surface area contributed by atoms with Crippen LogP contribution in [0.15, 0.2) is 180 Å². The molecule has 1 spiro atoms. The van der Waals surface area contributed by atoms with E-state index in [2.05, 4.69) is 162 Å². The molecule has 2 aliphatic carbocycles. The van der Waals surface area contributed by atoms with E-state index in [9.17, 15) is 0 Å². The van der Waals surface area contributed by atoms with Crippen LogP contribution in [0.4, 0.5) is 0 Å². The van der Waals surface area contributed by atoms with E-state index in [1.54, 1.807) is 0 Å². The molecule has 0 aliphatic heterocycles. The van der Waals surface area contributed by atoms with Crippen LogP contribution in [0.25, 0.3) is 94.1 Å². The summed E-state index contributed by atoms with van der Waals surface area (Å²) in [6, 6.07) is 63.6. The molecule has 55 heavy (non-hydrogen) atoms. The summed E-state index contributed by atoms with van der Waals surface area (Å²) in [4.78, 5) is 10.8. The number of furan rings is 1. The lowest BCUT2D eigenvalue weighted by molar-refractivity contribution is 0.666. The minimum absolute atomic E-state index is 0.408. The zero-order valence-electron chi connectivity index (χ0n) is 29.5. The van der Waals surface area contributed by atoms with Crippen molar-refractivity contribution in [3.05, 3.63) is 198 Å². The molecule has 0 amide bonds. The Balaban J connectivity index is 1.12. The van der Waals surface area contributed by atoms with Crippen molar-refractivity contribution >= 4 is 54.6 Å². The van der Waals surface area contributed by atoms with E-state index < -0.39 is 5.41 Å². The molecular formula is C51H29N3O. The van der Waals surface area contributed by atoms with Crippen molar-refractivity contribution < 1.29 is 4.42 Å². The third kappa shape index (κ3) is 3.66. The van der Waals surface area contributed by atoms with Gasteiger partial charge in [-0.2, -0.15) is 0 Å². The topological polar surface area (TPSA) is 43.9 Å². The third-order valence-corrected chi connectivity index (χ3v) is 12.2. The maximum absolute atomic E-state index is 6.68. The first-order valence-corrected chi connectivity index (χ1v) is 18.8. The Morgan fingerprint density at radius 1 is 0.436 bits per heavy atom. The van der Waals surface area contributed by atoms with Crippen LogP contribution in [-0.4, -0.2) is 14.5 Å². The smallest absolute Gasteiger partial charge is 0.236 e. The Labute approximate surface area is 315 Å². The molecule has 254 valence electrons. The number of hydrogen-bond acceptors (Lipinski definition) is 3. The number of aromatic nitrogens is 3. The molecule has 11 aromatic rings. The molecule has 4 heteroatoms. The molecule has 2 aliphatic rings. The van der Waals surface area contributed by atoms with Crippen LogP contribution in [0.5, 0.6) is 0 Å². The van der Waals surface area contributed by atoms with Crippen LogP contribution in [0.1, 0.15) is 22.3 Å². The summed E-state index contributed by atoms with van der Waals surface area (Å²) in [5, 5.41) is 5.70. The minimum Gasteiger partial charge on any atom is -0.452 e. The van der Waals surface area contributed by atoms with E-state index in [-0.39, 0.29) is 0 Å². The van der Waals surface area contributed by atoms with Crippen molar-refractivity contribution in [3.8, 4) is 39.5 Å². The number of para-hydroxylation sites is 2. The highest BCUT2D eigenvalue weighted by atomic mass is 16.3. The van der Waals surface area contributed by atoms with Gasteiger partial charge in [-0.05, 0) is 91.7 Å². The van der Waals surface area contributed by atoms with Crippen LogP contribution >= 0.6 is 0 Å². The number of nitrogens with zero attached hydrogens (tertiary/aromatic N) is 3. The van der Waals surface area contributed by atoms with Gasteiger partial charge in [0, 0.05) is 21.7 Å². The Kier molecular flexibility index (Phi) is 5.54. The van der Waals surface area contributed by atoms with E-state index in [4.69, 9.17) is 14.4 Å². The highest BCUT2D eigenvalue weighted by Gasteiger charge is 2.51. The van der Waals surface area contributed by atoms with Gasteiger partial charge in [-0.15, -0.1) is 0 Å². The second-order valence-corrected chi connectivity index (χ2v) is 14.9. The standard InChI is InChI=1S/C51H29N3O/c1-2-14-31-29-45-39(27-30(31)13-1)36-18-6-11-23-44(36)54(45)50-52-47(49-48(53-50)37-19-7-12-24-46(37)55-49)32-25-26-43-38(28-32)35-17-5-10-22-42(35)51(43)40-20-8-3-15-33(40)34-16-4-9-21-41(34)51/h1-29H. The van der Waals surface area contributed by atoms with E-state index in [1.807, 2.05) is 18.2 Å². The van der Waals surface area contributed by atoms with Crippen LogP contribution in [0.2, 0.25) is 0 Å². The highest BCUT2D eigenvalue weighted by molar-refractivity contribution is 6.14. The Bertz CT molecular complexity index is 3410. The molecule has 13 rings (SSSR count). The molecule has 0 atom stereocenters. The second kappa shape index (κ2) is 10.4. The zero-order chi connectivity index (χ0) is 35.8.